The molecule has 0 saturated carbocycles. The lowest BCUT2D eigenvalue weighted by atomic mass is 9.97. The highest BCUT2D eigenvalue weighted by atomic mass is 16.7. The minimum Gasteiger partial charge on any atom is -0.349 e. The monoisotopic (exact) mass is 302 g/mol. The topological polar surface area (TPSA) is 36.9 Å². The van der Waals surface area contributed by atoms with Crippen LogP contribution < -0.4 is 0 Å². The van der Waals surface area contributed by atoms with Gasteiger partial charge < -0.3 is 18.9 Å². The van der Waals surface area contributed by atoms with Gasteiger partial charge in [0.1, 0.15) is 0 Å². The number of hydrogen-bond donors (Lipinski definition) is 0. The van der Waals surface area contributed by atoms with Gasteiger partial charge in [0, 0.05) is 52.4 Å². The van der Waals surface area contributed by atoms with Gasteiger partial charge in [0.15, 0.2) is 11.6 Å². The van der Waals surface area contributed by atoms with Crippen molar-refractivity contribution >= 4 is 0 Å². The van der Waals surface area contributed by atoms with Gasteiger partial charge in [0.05, 0.1) is 0 Å². The van der Waals surface area contributed by atoms with Crippen LogP contribution in [0.1, 0.15) is 12.8 Å². The average Bonchev–Trinajstić information content (AvgIpc) is 2.60. The molecule has 4 nitrogen and oxygen atoms in total. The van der Waals surface area contributed by atoms with E-state index in [2.05, 4.69) is 11.8 Å². The van der Waals surface area contributed by atoms with E-state index in [9.17, 15) is 0 Å². The summed E-state index contributed by atoms with van der Waals surface area (Å²) in [6.07, 6.45) is 12.7. The maximum atomic E-state index is 5.43. The Labute approximate surface area is 132 Å². The van der Waals surface area contributed by atoms with E-state index in [1.807, 2.05) is 36.5 Å². The Balaban J connectivity index is 2.12. The standard InChI is InChI=1S/C18H22O4/c1-19-17(20-2)11-5-7-15(13-17)9-10-16-8-6-12-18(14-16,21-3)22-4/h5-8,11-12H,13-14H2,1-4H3. The van der Waals surface area contributed by atoms with Crippen LogP contribution in [0.15, 0.2) is 47.6 Å². The number of methoxy groups -OCH3 is 4. The normalized spacial score (nSPS) is 21.6. The van der Waals surface area contributed by atoms with E-state index in [1.54, 1.807) is 28.4 Å². The first kappa shape index (κ1) is 16.7. The van der Waals surface area contributed by atoms with Crippen molar-refractivity contribution in [3.05, 3.63) is 47.6 Å². The number of ether oxygens (including phenoxy) is 4. The summed E-state index contributed by atoms with van der Waals surface area (Å²) in [5.41, 5.74) is 1.92. The molecule has 0 aliphatic heterocycles. The van der Waals surface area contributed by atoms with Crippen molar-refractivity contribution in [2.45, 2.75) is 24.4 Å². The van der Waals surface area contributed by atoms with Gasteiger partial charge >= 0.3 is 0 Å². The smallest absolute Gasteiger partial charge is 0.192 e. The third-order valence-corrected chi connectivity index (χ3v) is 3.93. The molecular weight excluding hydrogens is 280 g/mol. The molecule has 0 saturated heterocycles. The van der Waals surface area contributed by atoms with Crippen molar-refractivity contribution in [2.75, 3.05) is 28.4 Å². The molecule has 0 N–H and O–H groups in total. The Bertz CT molecular complexity index is 526. The van der Waals surface area contributed by atoms with Gasteiger partial charge in [-0.05, 0) is 12.2 Å². The van der Waals surface area contributed by atoms with Crippen molar-refractivity contribution in [3.63, 3.8) is 0 Å². The van der Waals surface area contributed by atoms with Crippen molar-refractivity contribution in [1.29, 1.82) is 0 Å². The molecule has 0 aromatic carbocycles. The van der Waals surface area contributed by atoms with Gasteiger partial charge in [0.25, 0.3) is 0 Å². The molecule has 0 radical (unpaired) electrons. The molecule has 0 unspecified atom stereocenters. The predicted molar refractivity (Wildman–Crippen MR) is 85.0 cm³/mol. The van der Waals surface area contributed by atoms with E-state index in [0.717, 1.165) is 11.1 Å². The molecule has 2 aliphatic rings. The molecule has 0 aromatic rings. The molecule has 0 heterocycles. The second-order valence-corrected chi connectivity index (χ2v) is 5.15. The van der Waals surface area contributed by atoms with Crippen LogP contribution in [0.25, 0.3) is 0 Å². The van der Waals surface area contributed by atoms with Crippen LogP contribution in [0.3, 0.4) is 0 Å². The van der Waals surface area contributed by atoms with E-state index in [-0.39, 0.29) is 0 Å². The third kappa shape index (κ3) is 3.57. The van der Waals surface area contributed by atoms with Gasteiger partial charge in [-0.2, -0.15) is 0 Å². The van der Waals surface area contributed by atoms with Crippen LogP contribution in [0.4, 0.5) is 0 Å². The van der Waals surface area contributed by atoms with Crippen molar-refractivity contribution in [2.24, 2.45) is 0 Å². The van der Waals surface area contributed by atoms with Crippen molar-refractivity contribution in [1.82, 2.24) is 0 Å². The second kappa shape index (κ2) is 7.08. The molecule has 4 heteroatoms. The van der Waals surface area contributed by atoms with E-state index < -0.39 is 11.6 Å². The summed E-state index contributed by atoms with van der Waals surface area (Å²) in [6.45, 7) is 0. The summed E-state index contributed by atoms with van der Waals surface area (Å²) in [6, 6.07) is 0. The Morgan fingerprint density at radius 2 is 1.09 bits per heavy atom. The fourth-order valence-electron chi connectivity index (χ4n) is 2.45. The average molecular weight is 302 g/mol. The van der Waals surface area contributed by atoms with Crippen molar-refractivity contribution < 1.29 is 18.9 Å². The largest absolute Gasteiger partial charge is 0.349 e. The van der Waals surface area contributed by atoms with Crippen LogP contribution in [0, 0.1) is 11.8 Å². The molecule has 0 fully saturated rings. The molecule has 22 heavy (non-hydrogen) atoms. The summed E-state index contributed by atoms with van der Waals surface area (Å²) in [5, 5.41) is 0. The summed E-state index contributed by atoms with van der Waals surface area (Å²) in [4.78, 5) is 0. The lowest BCUT2D eigenvalue weighted by Crippen LogP contribution is -2.33. The zero-order valence-electron chi connectivity index (χ0n) is 13.5. The maximum Gasteiger partial charge on any atom is 0.192 e. The molecule has 2 aliphatic carbocycles. The minimum atomic E-state index is -0.720. The molecule has 0 bridgehead atoms. The van der Waals surface area contributed by atoms with E-state index >= 15 is 0 Å². The SMILES string of the molecule is COC1(OC)C=CC=C(C#CC2=CC=CC(OC)(OC)C2)C1. The number of allylic oxidation sites excluding steroid dienone is 4. The molecular formula is C18H22O4. The van der Waals surface area contributed by atoms with Gasteiger partial charge in [-0.25, -0.2) is 0 Å². The zero-order valence-corrected chi connectivity index (χ0v) is 13.5. The molecule has 0 aromatic heterocycles. The summed E-state index contributed by atoms with van der Waals surface area (Å²) >= 11 is 0. The maximum absolute atomic E-state index is 5.43. The first-order valence-corrected chi connectivity index (χ1v) is 7.10. The number of hydrogen-bond acceptors (Lipinski definition) is 4. The van der Waals surface area contributed by atoms with Crippen LogP contribution in [-0.2, 0) is 18.9 Å². The highest BCUT2D eigenvalue weighted by Gasteiger charge is 2.30. The van der Waals surface area contributed by atoms with E-state index in [0.29, 0.717) is 12.8 Å². The zero-order chi connectivity index (χ0) is 16.1. The third-order valence-electron chi connectivity index (χ3n) is 3.93. The summed E-state index contributed by atoms with van der Waals surface area (Å²) in [5.74, 6) is 4.93. The lowest BCUT2D eigenvalue weighted by molar-refractivity contribution is -0.169. The van der Waals surface area contributed by atoms with Gasteiger partial charge in [-0.15, -0.1) is 0 Å². The fraction of sp³-hybridized carbons (Fsp3) is 0.444. The van der Waals surface area contributed by atoms with E-state index in [1.165, 1.54) is 0 Å². The van der Waals surface area contributed by atoms with Crippen LogP contribution in [0.5, 0.6) is 0 Å². The Morgan fingerprint density at radius 1 is 0.727 bits per heavy atom. The molecule has 2 rings (SSSR count). The fourth-order valence-corrected chi connectivity index (χ4v) is 2.45. The second-order valence-electron chi connectivity index (χ2n) is 5.15. The summed E-state index contributed by atoms with van der Waals surface area (Å²) in [7, 11) is 6.52. The molecule has 118 valence electrons. The van der Waals surface area contributed by atoms with E-state index in [4.69, 9.17) is 18.9 Å². The first-order valence-electron chi connectivity index (χ1n) is 7.10. The van der Waals surface area contributed by atoms with Gasteiger partial charge in [-0.1, -0.05) is 36.1 Å². The lowest BCUT2D eigenvalue weighted by Gasteiger charge is -2.30. The highest BCUT2D eigenvalue weighted by molar-refractivity contribution is 5.45. The van der Waals surface area contributed by atoms with Crippen LogP contribution >= 0.6 is 0 Å². The van der Waals surface area contributed by atoms with Gasteiger partial charge in [0.2, 0.25) is 0 Å². The Kier molecular flexibility index (Phi) is 5.38. The van der Waals surface area contributed by atoms with Crippen LogP contribution in [0.2, 0.25) is 0 Å². The minimum absolute atomic E-state index is 0.590. The first-order chi connectivity index (χ1) is 10.6. The van der Waals surface area contributed by atoms with Crippen LogP contribution in [-0.4, -0.2) is 40.0 Å². The molecule has 0 atom stereocenters. The Morgan fingerprint density at radius 3 is 1.41 bits per heavy atom. The Hall–Kier alpha value is -1.64. The molecule has 0 amide bonds. The predicted octanol–water partition coefficient (Wildman–Crippen LogP) is 2.74. The van der Waals surface area contributed by atoms with Gasteiger partial charge in [-0.3, -0.25) is 0 Å². The molecule has 0 spiro atoms. The summed E-state index contributed by atoms with van der Waals surface area (Å²) < 4.78 is 21.7. The quantitative estimate of drug-likeness (QED) is 0.591. The van der Waals surface area contributed by atoms with Crippen molar-refractivity contribution in [3.8, 4) is 11.8 Å². The highest BCUT2D eigenvalue weighted by Crippen LogP contribution is 2.28. The number of rotatable bonds is 4.